The first-order chi connectivity index (χ1) is 9.44. The molecule has 1 fully saturated rings. The largest absolute Gasteiger partial charge is 0.393 e. The maximum Gasteiger partial charge on any atom is 0.330 e. The molecule has 4 N–H and O–H groups in total. The van der Waals surface area contributed by atoms with Gasteiger partial charge in [0, 0.05) is 6.20 Å². The van der Waals surface area contributed by atoms with Crippen molar-refractivity contribution in [2.24, 2.45) is 0 Å². The van der Waals surface area contributed by atoms with Crippen molar-refractivity contribution in [3.63, 3.8) is 0 Å². The van der Waals surface area contributed by atoms with E-state index >= 15 is 0 Å². The lowest BCUT2D eigenvalue weighted by Crippen LogP contribution is -2.56. The van der Waals surface area contributed by atoms with Crippen LogP contribution in [0.3, 0.4) is 0 Å². The van der Waals surface area contributed by atoms with E-state index in [1.165, 1.54) is 6.92 Å². The summed E-state index contributed by atoms with van der Waals surface area (Å²) in [7, 11) is 0. The van der Waals surface area contributed by atoms with Crippen LogP contribution in [0.15, 0.2) is 15.8 Å². The number of hydrogen-bond acceptors (Lipinski definition) is 6. The molecule has 1 saturated heterocycles. The Morgan fingerprint density at radius 2 is 2.30 bits per heavy atom. The number of nitrogens with zero attached hydrogens (tertiary/aromatic N) is 1. The van der Waals surface area contributed by atoms with Gasteiger partial charge in [-0.2, -0.15) is 0 Å². The zero-order valence-electron chi connectivity index (χ0n) is 10.7. The Morgan fingerprint density at radius 3 is 2.90 bits per heavy atom. The lowest BCUT2D eigenvalue weighted by Gasteiger charge is -2.31. The first kappa shape index (κ1) is 14.5. The molecule has 20 heavy (non-hydrogen) atoms. The van der Waals surface area contributed by atoms with Gasteiger partial charge in [0.2, 0.25) is 5.72 Å². The van der Waals surface area contributed by atoms with Crippen LogP contribution in [0.25, 0.3) is 0 Å². The van der Waals surface area contributed by atoms with Gasteiger partial charge in [0.05, 0.1) is 13.2 Å². The van der Waals surface area contributed by atoms with Crippen LogP contribution in [0, 0.1) is 11.8 Å². The van der Waals surface area contributed by atoms with E-state index in [9.17, 15) is 24.9 Å². The second-order valence-electron chi connectivity index (χ2n) is 4.35. The molecule has 0 bridgehead atoms. The summed E-state index contributed by atoms with van der Waals surface area (Å²) >= 11 is 0. The molecule has 0 saturated carbocycles. The maximum absolute atomic E-state index is 11.8. The van der Waals surface area contributed by atoms with E-state index in [1.807, 2.05) is 4.98 Å². The highest BCUT2D eigenvalue weighted by atomic mass is 16.6. The van der Waals surface area contributed by atoms with Crippen LogP contribution in [0.1, 0.15) is 12.5 Å². The minimum atomic E-state index is -2.17. The molecule has 0 spiro atoms. The molecule has 0 radical (unpaired) electrons. The molecule has 1 aliphatic heterocycles. The lowest BCUT2D eigenvalue weighted by molar-refractivity contribution is -0.153. The fourth-order valence-electron chi connectivity index (χ4n) is 2.13. The van der Waals surface area contributed by atoms with Gasteiger partial charge in [0.15, 0.2) is 0 Å². The van der Waals surface area contributed by atoms with Crippen LogP contribution in [-0.2, 0) is 10.5 Å². The molecular formula is C12H14N2O6. The Labute approximate surface area is 113 Å². The predicted octanol–water partition coefficient (Wildman–Crippen LogP) is -2.69. The van der Waals surface area contributed by atoms with Gasteiger partial charge in [-0.25, -0.2) is 4.79 Å². The van der Waals surface area contributed by atoms with E-state index in [0.29, 0.717) is 0 Å². The molecule has 2 heterocycles. The van der Waals surface area contributed by atoms with E-state index in [0.717, 1.165) is 10.8 Å². The van der Waals surface area contributed by atoms with Crippen molar-refractivity contribution in [1.82, 2.24) is 9.55 Å². The number of ether oxygens (including phenoxy) is 1. The zero-order chi connectivity index (χ0) is 14.9. The van der Waals surface area contributed by atoms with Crippen molar-refractivity contribution in [2.45, 2.75) is 24.9 Å². The highest BCUT2D eigenvalue weighted by Gasteiger charge is 2.52. The highest BCUT2D eigenvalue weighted by Crippen LogP contribution is 2.29. The average molecular weight is 282 g/mol. The first-order valence-electron chi connectivity index (χ1n) is 5.87. The maximum atomic E-state index is 11.8. The molecule has 8 nitrogen and oxygen atoms in total. The summed E-state index contributed by atoms with van der Waals surface area (Å²) in [5.74, 6) is 4.98. The second kappa shape index (κ2) is 5.22. The molecule has 108 valence electrons. The number of aliphatic hydroxyl groups is 3. The Balaban J connectivity index is 2.67. The minimum absolute atomic E-state index is 0.0451. The van der Waals surface area contributed by atoms with Crippen LogP contribution >= 0.6 is 0 Å². The number of hydrogen-bond donors (Lipinski definition) is 4. The Morgan fingerprint density at radius 1 is 1.60 bits per heavy atom. The van der Waals surface area contributed by atoms with Crippen molar-refractivity contribution in [3.8, 4) is 11.8 Å². The Bertz CT molecular complexity index is 682. The monoisotopic (exact) mass is 282 g/mol. The smallest absolute Gasteiger partial charge is 0.330 e. The molecular weight excluding hydrogens is 268 g/mol. The van der Waals surface area contributed by atoms with Gasteiger partial charge >= 0.3 is 5.69 Å². The van der Waals surface area contributed by atoms with Crippen molar-refractivity contribution < 1.29 is 20.1 Å². The molecule has 0 aliphatic carbocycles. The fraction of sp³-hybridized carbons (Fsp3) is 0.500. The van der Waals surface area contributed by atoms with E-state index in [1.54, 1.807) is 0 Å². The van der Waals surface area contributed by atoms with Crippen LogP contribution in [-0.4, -0.2) is 50.3 Å². The highest BCUT2D eigenvalue weighted by molar-refractivity contribution is 5.29. The van der Waals surface area contributed by atoms with Gasteiger partial charge in [-0.3, -0.25) is 14.3 Å². The van der Waals surface area contributed by atoms with Crippen LogP contribution < -0.4 is 11.2 Å². The van der Waals surface area contributed by atoms with E-state index < -0.39 is 35.8 Å². The van der Waals surface area contributed by atoms with E-state index in [-0.39, 0.29) is 12.2 Å². The van der Waals surface area contributed by atoms with Crippen molar-refractivity contribution in [1.29, 1.82) is 0 Å². The fourth-order valence-corrected chi connectivity index (χ4v) is 2.13. The molecule has 1 aromatic heterocycles. The minimum Gasteiger partial charge on any atom is -0.393 e. The molecule has 8 heteroatoms. The van der Waals surface area contributed by atoms with Gasteiger partial charge in [-0.1, -0.05) is 5.92 Å². The van der Waals surface area contributed by atoms with E-state index in [4.69, 9.17) is 4.74 Å². The second-order valence-corrected chi connectivity index (χ2v) is 4.35. The number of nitrogens with one attached hydrogen (secondary N) is 1. The van der Waals surface area contributed by atoms with Gasteiger partial charge in [0.1, 0.15) is 17.8 Å². The first-order valence-corrected chi connectivity index (χ1v) is 5.87. The Hall–Kier alpha value is -1.92. The summed E-state index contributed by atoms with van der Waals surface area (Å²) in [5, 5.41) is 29.5. The van der Waals surface area contributed by atoms with Crippen molar-refractivity contribution in [3.05, 3.63) is 32.6 Å². The van der Waals surface area contributed by atoms with Crippen molar-refractivity contribution in [2.75, 3.05) is 13.2 Å². The third-order valence-electron chi connectivity index (χ3n) is 3.17. The quantitative estimate of drug-likeness (QED) is 0.438. The normalized spacial score (nSPS) is 29.0. The van der Waals surface area contributed by atoms with Crippen LogP contribution in [0.4, 0.5) is 0 Å². The molecule has 0 unspecified atom stereocenters. The summed E-state index contributed by atoms with van der Waals surface area (Å²) < 4.78 is 5.76. The molecule has 0 amide bonds. The molecule has 1 aromatic rings. The summed E-state index contributed by atoms with van der Waals surface area (Å²) in [6, 6.07) is 0. The predicted molar refractivity (Wildman–Crippen MR) is 66.9 cm³/mol. The van der Waals surface area contributed by atoms with Gasteiger partial charge in [0.25, 0.3) is 5.56 Å². The van der Waals surface area contributed by atoms with Gasteiger partial charge < -0.3 is 20.1 Å². The van der Waals surface area contributed by atoms with Crippen LogP contribution in [0.2, 0.25) is 0 Å². The molecule has 2 rings (SSSR count). The van der Waals surface area contributed by atoms with Crippen LogP contribution in [0.5, 0.6) is 0 Å². The zero-order valence-corrected chi connectivity index (χ0v) is 10.7. The number of H-pyrrole nitrogens is 1. The average Bonchev–Trinajstić information content (AvgIpc) is 2.69. The summed E-state index contributed by atoms with van der Waals surface area (Å²) in [6.07, 6.45) is -1.58. The summed E-state index contributed by atoms with van der Waals surface area (Å²) in [6.45, 7) is 0.656. The topological polar surface area (TPSA) is 125 Å². The van der Waals surface area contributed by atoms with E-state index in [2.05, 4.69) is 11.8 Å². The number of aliphatic hydroxyl groups excluding tert-OH is 2. The summed E-state index contributed by atoms with van der Waals surface area (Å²) in [5.41, 5.74) is -3.84. The summed E-state index contributed by atoms with van der Waals surface area (Å²) in [4.78, 5) is 25.4. The Kier molecular flexibility index (Phi) is 3.78. The SMILES string of the molecule is CC#Cc1cn([C@@]2(O)[C@H](O)CO[C@@H]2CO)c(=O)[nH]c1=O. The molecule has 0 aromatic carbocycles. The van der Waals surface area contributed by atoms with Gasteiger partial charge in [-0.15, -0.1) is 5.92 Å². The number of aromatic nitrogens is 2. The third kappa shape index (κ3) is 2.07. The van der Waals surface area contributed by atoms with Crippen molar-refractivity contribution >= 4 is 0 Å². The van der Waals surface area contributed by atoms with Gasteiger partial charge in [-0.05, 0) is 6.92 Å². The lowest BCUT2D eigenvalue weighted by atomic mass is 10.0. The standard InChI is InChI=1S/C12H14N2O6/c1-2-3-7-4-14(11(18)13-10(7)17)12(19)8(16)6-20-9(12)5-15/h4,8-9,15-16,19H,5-6H2,1H3,(H,13,17,18)/t8-,9-,12-/m1/s1. The third-order valence-corrected chi connectivity index (χ3v) is 3.17. The number of aromatic amines is 1. The molecule has 3 atom stereocenters. The molecule has 1 aliphatic rings. The number of rotatable bonds is 2.